The van der Waals surface area contributed by atoms with E-state index in [1.54, 1.807) is 0 Å². The molecule has 1 nitrogen and oxygen atoms in total. The molecule has 21 heavy (non-hydrogen) atoms. The van der Waals surface area contributed by atoms with Gasteiger partial charge in [-0.2, -0.15) is 0 Å². The molecule has 0 aliphatic rings. The van der Waals surface area contributed by atoms with Gasteiger partial charge < -0.3 is 5.73 Å². The van der Waals surface area contributed by atoms with Crippen molar-refractivity contribution < 1.29 is 0 Å². The average molecular weight is 340 g/mol. The van der Waals surface area contributed by atoms with Crippen molar-refractivity contribution in [1.82, 2.24) is 0 Å². The number of aryl methyl sites for hydroxylation is 2. The smallest absolute Gasteiger partial charge is 0.0571 e. The number of nitrogens with two attached hydrogens (primary N) is 1. The van der Waals surface area contributed by atoms with Crippen LogP contribution in [0.4, 0.5) is 0 Å². The van der Waals surface area contributed by atoms with Crippen molar-refractivity contribution in [2.24, 2.45) is 5.73 Å². The predicted octanol–water partition coefficient (Wildman–Crippen LogP) is 5.27. The van der Waals surface area contributed by atoms with Crippen LogP contribution in [-0.4, -0.2) is 0 Å². The van der Waals surface area contributed by atoms with Gasteiger partial charge in [0.1, 0.15) is 0 Å². The Hall–Kier alpha value is -1.64. The van der Waals surface area contributed by atoms with E-state index >= 15 is 0 Å². The van der Waals surface area contributed by atoms with E-state index < -0.39 is 0 Å². The Bertz CT molecular complexity index is 808. The van der Waals surface area contributed by atoms with Gasteiger partial charge in [-0.25, -0.2) is 0 Å². The molecule has 3 aromatic carbocycles. The van der Waals surface area contributed by atoms with Gasteiger partial charge in [0, 0.05) is 4.47 Å². The first-order chi connectivity index (χ1) is 10.1. The topological polar surface area (TPSA) is 26.0 Å². The summed E-state index contributed by atoms with van der Waals surface area (Å²) in [5.41, 5.74) is 11.4. The molecule has 0 aliphatic carbocycles. The summed E-state index contributed by atoms with van der Waals surface area (Å²) in [4.78, 5) is 0. The fourth-order valence-corrected chi connectivity index (χ4v) is 3.37. The van der Waals surface area contributed by atoms with Gasteiger partial charge in [0.15, 0.2) is 0 Å². The molecule has 2 heteroatoms. The third-order valence-electron chi connectivity index (χ3n) is 3.99. The highest BCUT2D eigenvalue weighted by molar-refractivity contribution is 9.10. The minimum absolute atomic E-state index is 0.134. The molecule has 0 fully saturated rings. The molecule has 0 amide bonds. The summed E-state index contributed by atoms with van der Waals surface area (Å²) in [6, 6.07) is 18.9. The number of halogens is 1. The summed E-state index contributed by atoms with van der Waals surface area (Å²) in [7, 11) is 0. The Balaban J connectivity index is 2.24. The second-order valence-corrected chi connectivity index (χ2v) is 6.37. The fraction of sp³-hybridized carbons (Fsp3) is 0.158. The maximum atomic E-state index is 6.62. The van der Waals surface area contributed by atoms with Crippen molar-refractivity contribution in [1.29, 1.82) is 0 Å². The fourth-order valence-electron chi connectivity index (χ4n) is 2.87. The van der Waals surface area contributed by atoms with Crippen molar-refractivity contribution in [3.63, 3.8) is 0 Å². The summed E-state index contributed by atoms with van der Waals surface area (Å²) in [6.45, 7) is 4.23. The second kappa shape index (κ2) is 5.63. The third-order valence-corrected chi connectivity index (χ3v) is 4.71. The lowest BCUT2D eigenvalue weighted by Crippen LogP contribution is -2.14. The first-order valence-electron chi connectivity index (χ1n) is 7.08. The molecule has 106 valence electrons. The van der Waals surface area contributed by atoms with Gasteiger partial charge in [0.25, 0.3) is 0 Å². The summed E-state index contributed by atoms with van der Waals surface area (Å²) >= 11 is 3.64. The van der Waals surface area contributed by atoms with Crippen LogP contribution in [0.25, 0.3) is 10.8 Å². The predicted molar refractivity (Wildman–Crippen MR) is 93.6 cm³/mol. The summed E-state index contributed by atoms with van der Waals surface area (Å²) < 4.78 is 1.06. The van der Waals surface area contributed by atoms with E-state index in [1.165, 1.54) is 27.5 Å². The molecule has 3 rings (SSSR count). The lowest BCUT2D eigenvalue weighted by atomic mass is 9.90. The largest absolute Gasteiger partial charge is 0.320 e. The zero-order valence-corrected chi connectivity index (χ0v) is 13.8. The van der Waals surface area contributed by atoms with Gasteiger partial charge in [-0.1, -0.05) is 70.0 Å². The maximum Gasteiger partial charge on any atom is 0.0571 e. The Kier molecular flexibility index (Phi) is 3.83. The summed E-state index contributed by atoms with van der Waals surface area (Å²) in [6.07, 6.45) is 0. The minimum Gasteiger partial charge on any atom is -0.320 e. The molecule has 0 saturated heterocycles. The lowest BCUT2D eigenvalue weighted by Gasteiger charge is -2.20. The van der Waals surface area contributed by atoms with E-state index in [0.29, 0.717) is 0 Å². The molecule has 1 atom stereocenters. The first-order valence-corrected chi connectivity index (χ1v) is 7.87. The van der Waals surface area contributed by atoms with Gasteiger partial charge in [0.2, 0.25) is 0 Å². The molecule has 0 spiro atoms. The molecule has 0 saturated carbocycles. The standard InChI is InChI=1S/C19H18BrN/c1-12-7-10-17(20)16(11-12)19(21)18-13(2)8-9-14-5-3-4-6-15(14)18/h3-11,19H,21H2,1-2H3. The number of rotatable bonds is 2. The zero-order valence-electron chi connectivity index (χ0n) is 12.2. The van der Waals surface area contributed by atoms with Gasteiger partial charge in [-0.3, -0.25) is 0 Å². The van der Waals surface area contributed by atoms with Crippen LogP contribution in [0.3, 0.4) is 0 Å². The third kappa shape index (κ3) is 2.61. The molecular weight excluding hydrogens is 322 g/mol. The Morgan fingerprint density at radius 3 is 2.52 bits per heavy atom. The molecule has 0 radical (unpaired) electrons. The van der Waals surface area contributed by atoms with Crippen LogP contribution in [0.1, 0.15) is 28.3 Å². The SMILES string of the molecule is Cc1ccc(Br)c(C(N)c2c(C)ccc3ccccc23)c1. The first kappa shape index (κ1) is 14.3. The van der Waals surface area contributed by atoms with E-state index in [-0.39, 0.29) is 6.04 Å². The Morgan fingerprint density at radius 2 is 1.71 bits per heavy atom. The Labute approximate surface area is 133 Å². The second-order valence-electron chi connectivity index (χ2n) is 5.52. The number of benzene rings is 3. The summed E-state index contributed by atoms with van der Waals surface area (Å²) in [5.74, 6) is 0. The Morgan fingerprint density at radius 1 is 0.952 bits per heavy atom. The van der Waals surface area contributed by atoms with Crippen LogP contribution in [0.15, 0.2) is 59.1 Å². The summed E-state index contributed by atoms with van der Waals surface area (Å²) in [5, 5.41) is 2.47. The molecular formula is C19H18BrN. The van der Waals surface area contributed by atoms with Gasteiger partial charge in [-0.15, -0.1) is 0 Å². The highest BCUT2D eigenvalue weighted by Crippen LogP contribution is 2.33. The number of hydrogen-bond donors (Lipinski definition) is 1. The molecule has 0 bridgehead atoms. The van der Waals surface area contributed by atoms with Crippen molar-refractivity contribution in [3.05, 3.63) is 81.3 Å². The number of hydrogen-bond acceptors (Lipinski definition) is 1. The minimum atomic E-state index is -0.134. The molecule has 0 aromatic heterocycles. The van der Waals surface area contributed by atoms with Crippen LogP contribution in [0, 0.1) is 13.8 Å². The molecule has 0 aliphatic heterocycles. The molecule has 3 aromatic rings. The van der Waals surface area contributed by atoms with Gasteiger partial charge in [0.05, 0.1) is 6.04 Å². The van der Waals surface area contributed by atoms with Crippen LogP contribution in [-0.2, 0) is 0 Å². The van der Waals surface area contributed by atoms with E-state index in [1.807, 2.05) is 0 Å². The van der Waals surface area contributed by atoms with Crippen molar-refractivity contribution in [2.75, 3.05) is 0 Å². The van der Waals surface area contributed by atoms with E-state index in [4.69, 9.17) is 5.73 Å². The molecule has 2 N–H and O–H groups in total. The van der Waals surface area contributed by atoms with Crippen molar-refractivity contribution in [3.8, 4) is 0 Å². The highest BCUT2D eigenvalue weighted by Gasteiger charge is 2.17. The van der Waals surface area contributed by atoms with Crippen molar-refractivity contribution in [2.45, 2.75) is 19.9 Å². The number of fused-ring (bicyclic) bond motifs is 1. The normalized spacial score (nSPS) is 12.6. The van der Waals surface area contributed by atoms with Gasteiger partial charge >= 0.3 is 0 Å². The van der Waals surface area contributed by atoms with Crippen molar-refractivity contribution >= 4 is 26.7 Å². The maximum absolute atomic E-state index is 6.62. The van der Waals surface area contributed by atoms with Gasteiger partial charge in [-0.05, 0) is 47.4 Å². The average Bonchev–Trinajstić information content (AvgIpc) is 2.49. The zero-order chi connectivity index (χ0) is 15.0. The molecule has 0 heterocycles. The van der Waals surface area contributed by atoms with Crippen LogP contribution in [0.2, 0.25) is 0 Å². The van der Waals surface area contributed by atoms with Crippen LogP contribution in [0.5, 0.6) is 0 Å². The lowest BCUT2D eigenvalue weighted by molar-refractivity contribution is 0.864. The highest BCUT2D eigenvalue weighted by atomic mass is 79.9. The van der Waals surface area contributed by atoms with Crippen LogP contribution < -0.4 is 5.73 Å². The van der Waals surface area contributed by atoms with E-state index in [0.717, 1.165) is 10.0 Å². The monoisotopic (exact) mass is 339 g/mol. The van der Waals surface area contributed by atoms with Crippen LogP contribution >= 0.6 is 15.9 Å². The van der Waals surface area contributed by atoms with E-state index in [2.05, 4.69) is 84.4 Å². The molecule has 1 unspecified atom stereocenters. The van der Waals surface area contributed by atoms with E-state index in [9.17, 15) is 0 Å². The quantitative estimate of drug-likeness (QED) is 0.676.